The second-order valence-electron chi connectivity index (χ2n) is 5.24. The Balaban J connectivity index is 2.27. The Morgan fingerprint density at radius 1 is 0.923 bits per heavy atom. The highest BCUT2D eigenvalue weighted by Crippen LogP contribution is 2.46. The number of nitrogens with two attached hydrogens (primary N) is 1. The summed E-state index contributed by atoms with van der Waals surface area (Å²) in [5.74, 6) is -4.99. The molecule has 10 heteroatoms. The number of halogens is 6. The molecule has 0 heterocycles. The zero-order valence-corrected chi connectivity index (χ0v) is 12.7. The van der Waals surface area contributed by atoms with Crippen LogP contribution in [0.2, 0.25) is 0 Å². The van der Waals surface area contributed by atoms with Crippen LogP contribution in [0.1, 0.15) is 21.8 Å². The van der Waals surface area contributed by atoms with Crippen LogP contribution in [0.5, 0.6) is 11.5 Å². The molecule has 140 valence electrons. The van der Waals surface area contributed by atoms with Crippen LogP contribution < -0.4 is 10.5 Å². The molecule has 26 heavy (non-hydrogen) atoms. The maximum absolute atomic E-state index is 12.7. The molecule has 0 unspecified atom stereocenters. The van der Waals surface area contributed by atoms with Gasteiger partial charge in [0.15, 0.2) is 5.92 Å². The third-order valence-corrected chi connectivity index (χ3v) is 3.36. The average Bonchev–Trinajstić information content (AvgIpc) is 2.48. The molecule has 0 aliphatic heterocycles. The van der Waals surface area contributed by atoms with Crippen molar-refractivity contribution in [1.82, 2.24) is 0 Å². The smallest absolute Gasteiger partial charge is 0.404 e. The number of alkyl halides is 6. The number of nitrogen functional groups attached to an aromatic ring is 1. The number of hydrogen-bond acceptors (Lipinski definition) is 3. The predicted octanol–water partition coefficient (Wildman–Crippen LogP) is 4.97. The summed E-state index contributed by atoms with van der Waals surface area (Å²) in [6.07, 6.45) is -11.0. The van der Waals surface area contributed by atoms with Crippen LogP contribution in [-0.4, -0.2) is 23.4 Å². The zero-order valence-electron chi connectivity index (χ0n) is 12.7. The summed E-state index contributed by atoms with van der Waals surface area (Å²) < 4.78 is 81.4. The first-order valence-corrected chi connectivity index (χ1v) is 6.93. The van der Waals surface area contributed by atoms with Crippen LogP contribution >= 0.6 is 0 Å². The van der Waals surface area contributed by atoms with Gasteiger partial charge in [0.2, 0.25) is 0 Å². The lowest BCUT2D eigenvalue weighted by Crippen LogP contribution is -2.34. The van der Waals surface area contributed by atoms with Gasteiger partial charge in [-0.1, -0.05) is 12.1 Å². The number of ether oxygens (including phenoxy) is 1. The quantitative estimate of drug-likeness (QED) is 0.581. The molecule has 0 atom stereocenters. The average molecular weight is 379 g/mol. The summed E-state index contributed by atoms with van der Waals surface area (Å²) in [7, 11) is 0. The van der Waals surface area contributed by atoms with E-state index in [1.165, 1.54) is 12.1 Å². The van der Waals surface area contributed by atoms with Gasteiger partial charge in [0, 0.05) is 5.69 Å². The van der Waals surface area contributed by atoms with Gasteiger partial charge in [-0.3, -0.25) is 0 Å². The standard InChI is InChI=1S/C16H11F6NO3/c17-15(18,19)13(16(20,21)22)8-1-3-9(4-2-8)26-10-5-6-12(23)11(7-10)14(24)25/h1-7,13H,23H2,(H,24,25). The Morgan fingerprint density at radius 3 is 1.88 bits per heavy atom. The van der Waals surface area contributed by atoms with Gasteiger partial charge in [0.1, 0.15) is 11.5 Å². The molecule has 0 bridgehead atoms. The van der Waals surface area contributed by atoms with Crippen LogP contribution in [0.4, 0.5) is 32.0 Å². The van der Waals surface area contributed by atoms with E-state index in [2.05, 4.69) is 0 Å². The first kappa shape index (κ1) is 19.4. The van der Waals surface area contributed by atoms with Gasteiger partial charge in [0.05, 0.1) is 5.56 Å². The number of benzene rings is 2. The van der Waals surface area contributed by atoms with Crippen molar-refractivity contribution in [2.45, 2.75) is 18.3 Å². The lowest BCUT2D eigenvalue weighted by Gasteiger charge is -2.23. The molecule has 4 nitrogen and oxygen atoms in total. The van der Waals surface area contributed by atoms with E-state index >= 15 is 0 Å². The van der Waals surface area contributed by atoms with Crippen molar-refractivity contribution in [2.75, 3.05) is 5.73 Å². The molecule has 2 aromatic carbocycles. The molecule has 0 amide bonds. The molecule has 3 N–H and O–H groups in total. The van der Waals surface area contributed by atoms with Crippen LogP contribution in [0.15, 0.2) is 42.5 Å². The summed E-state index contributed by atoms with van der Waals surface area (Å²) in [4.78, 5) is 11.0. The molecule has 0 radical (unpaired) electrons. The molecular weight excluding hydrogens is 368 g/mol. The van der Waals surface area contributed by atoms with E-state index in [0.717, 1.165) is 18.2 Å². The monoisotopic (exact) mass is 379 g/mol. The van der Waals surface area contributed by atoms with Crippen LogP contribution in [-0.2, 0) is 0 Å². The fourth-order valence-corrected chi connectivity index (χ4v) is 2.21. The van der Waals surface area contributed by atoms with Gasteiger partial charge in [-0.15, -0.1) is 0 Å². The molecule has 0 spiro atoms. The fraction of sp³-hybridized carbons (Fsp3) is 0.188. The molecule has 0 aromatic heterocycles. The Kier molecular flexibility index (Phi) is 5.06. The number of carboxylic acids is 1. The van der Waals surface area contributed by atoms with Crippen molar-refractivity contribution in [1.29, 1.82) is 0 Å². The SMILES string of the molecule is Nc1ccc(Oc2ccc(C(C(F)(F)F)C(F)(F)F)cc2)cc1C(=O)O. The van der Waals surface area contributed by atoms with Crippen LogP contribution in [0, 0.1) is 0 Å². The molecule has 0 saturated carbocycles. The summed E-state index contributed by atoms with van der Waals surface area (Å²) in [5.41, 5.74) is 4.20. The van der Waals surface area contributed by atoms with Crippen LogP contribution in [0.3, 0.4) is 0 Å². The van der Waals surface area contributed by atoms with E-state index in [1.54, 1.807) is 0 Å². The van der Waals surface area contributed by atoms with Gasteiger partial charge in [0.25, 0.3) is 0 Å². The van der Waals surface area contributed by atoms with Crippen molar-refractivity contribution < 1.29 is 41.0 Å². The van der Waals surface area contributed by atoms with Gasteiger partial charge >= 0.3 is 18.3 Å². The molecule has 2 rings (SSSR count). The summed E-state index contributed by atoms with van der Waals surface area (Å²) in [6, 6.07) is 6.79. The van der Waals surface area contributed by atoms with E-state index < -0.39 is 29.8 Å². The van der Waals surface area contributed by atoms with Crippen molar-refractivity contribution in [3.8, 4) is 11.5 Å². The van der Waals surface area contributed by atoms with Crippen molar-refractivity contribution >= 4 is 11.7 Å². The largest absolute Gasteiger partial charge is 0.478 e. The van der Waals surface area contributed by atoms with Crippen molar-refractivity contribution in [3.05, 3.63) is 53.6 Å². The third-order valence-electron chi connectivity index (χ3n) is 3.36. The number of aromatic carboxylic acids is 1. The second kappa shape index (κ2) is 6.77. The Morgan fingerprint density at radius 2 is 1.42 bits per heavy atom. The van der Waals surface area contributed by atoms with Gasteiger partial charge < -0.3 is 15.6 Å². The fourth-order valence-electron chi connectivity index (χ4n) is 2.21. The van der Waals surface area contributed by atoms with E-state index in [-0.39, 0.29) is 22.7 Å². The maximum Gasteiger partial charge on any atom is 0.404 e. The van der Waals surface area contributed by atoms with Gasteiger partial charge in [-0.25, -0.2) is 4.79 Å². The summed E-state index contributed by atoms with van der Waals surface area (Å²) >= 11 is 0. The third kappa shape index (κ3) is 4.38. The first-order chi connectivity index (χ1) is 11.9. The zero-order chi connectivity index (χ0) is 19.7. The minimum atomic E-state index is -5.49. The minimum Gasteiger partial charge on any atom is -0.478 e. The number of carbonyl (C=O) groups is 1. The van der Waals surface area contributed by atoms with Crippen molar-refractivity contribution in [3.63, 3.8) is 0 Å². The lowest BCUT2D eigenvalue weighted by atomic mass is 9.98. The van der Waals surface area contributed by atoms with E-state index in [0.29, 0.717) is 12.1 Å². The maximum atomic E-state index is 12.7. The molecule has 0 saturated heterocycles. The number of carboxylic acid groups (broad SMARTS) is 1. The Labute approximate surface area is 142 Å². The first-order valence-electron chi connectivity index (χ1n) is 6.93. The van der Waals surface area contributed by atoms with E-state index in [9.17, 15) is 31.1 Å². The highest BCUT2D eigenvalue weighted by molar-refractivity contribution is 5.94. The topological polar surface area (TPSA) is 72.5 Å². The molecule has 0 aliphatic carbocycles. The van der Waals surface area contributed by atoms with Crippen molar-refractivity contribution in [2.24, 2.45) is 0 Å². The number of anilines is 1. The van der Waals surface area contributed by atoms with E-state index in [4.69, 9.17) is 15.6 Å². The lowest BCUT2D eigenvalue weighted by molar-refractivity contribution is -0.253. The summed E-state index contributed by atoms with van der Waals surface area (Å²) in [6.45, 7) is 0. The molecular formula is C16H11F6NO3. The molecule has 2 aromatic rings. The number of hydrogen-bond donors (Lipinski definition) is 2. The predicted molar refractivity (Wildman–Crippen MR) is 79.2 cm³/mol. The molecule has 0 fully saturated rings. The van der Waals surface area contributed by atoms with Gasteiger partial charge in [-0.2, -0.15) is 26.3 Å². The van der Waals surface area contributed by atoms with Crippen LogP contribution in [0.25, 0.3) is 0 Å². The van der Waals surface area contributed by atoms with E-state index in [1.807, 2.05) is 0 Å². The molecule has 0 aliphatic rings. The second-order valence-corrected chi connectivity index (χ2v) is 5.24. The highest BCUT2D eigenvalue weighted by atomic mass is 19.4. The normalized spacial score (nSPS) is 12.3. The Hall–Kier alpha value is -2.91. The Bertz CT molecular complexity index is 785. The van der Waals surface area contributed by atoms with Gasteiger partial charge in [-0.05, 0) is 35.9 Å². The summed E-state index contributed by atoms with van der Waals surface area (Å²) in [5, 5.41) is 8.96. The minimum absolute atomic E-state index is 0.00698. The number of rotatable bonds is 4. The highest BCUT2D eigenvalue weighted by Gasteiger charge is 2.57.